The zero-order valence-corrected chi connectivity index (χ0v) is 15.8. The lowest BCUT2D eigenvalue weighted by Gasteiger charge is -2.29. The van der Waals surface area contributed by atoms with Crippen molar-refractivity contribution in [3.05, 3.63) is 65.0 Å². The first-order chi connectivity index (χ1) is 12.7. The van der Waals surface area contributed by atoms with Gasteiger partial charge in [0.2, 0.25) is 5.91 Å². The molecule has 2 amide bonds. The van der Waals surface area contributed by atoms with Crippen molar-refractivity contribution in [3.8, 4) is 0 Å². The molecule has 0 aromatic heterocycles. The molecular formula is C21H22FN3O2. The van der Waals surface area contributed by atoms with E-state index < -0.39 is 5.66 Å². The quantitative estimate of drug-likeness (QED) is 0.900. The third kappa shape index (κ3) is 3.74. The molecule has 1 heterocycles. The lowest BCUT2D eigenvalue weighted by Crippen LogP contribution is -2.46. The number of para-hydroxylation sites is 1. The highest BCUT2D eigenvalue weighted by Gasteiger charge is 2.41. The van der Waals surface area contributed by atoms with Crippen molar-refractivity contribution < 1.29 is 14.0 Å². The highest BCUT2D eigenvalue weighted by Crippen LogP contribution is 2.27. The zero-order chi connectivity index (χ0) is 19.8. The molecule has 1 N–H and O–H groups in total. The third-order valence-electron chi connectivity index (χ3n) is 4.66. The van der Waals surface area contributed by atoms with Gasteiger partial charge in [-0.15, -0.1) is 0 Å². The van der Waals surface area contributed by atoms with Gasteiger partial charge >= 0.3 is 0 Å². The van der Waals surface area contributed by atoms with Gasteiger partial charge in [-0.3, -0.25) is 14.6 Å². The van der Waals surface area contributed by atoms with E-state index in [-0.39, 0.29) is 29.9 Å². The maximum atomic E-state index is 13.2. The van der Waals surface area contributed by atoms with Crippen molar-refractivity contribution in [3.63, 3.8) is 0 Å². The van der Waals surface area contributed by atoms with Crippen molar-refractivity contribution in [2.75, 3.05) is 11.9 Å². The number of hydrogen-bond donors (Lipinski definition) is 1. The van der Waals surface area contributed by atoms with E-state index in [2.05, 4.69) is 10.3 Å². The maximum Gasteiger partial charge on any atom is 0.275 e. The first-order valence-electron chi connectivity index (χ1n) is 8.73. The number of rotatable bonds is 4. The summed E-state index contributed by atoms with van der Waals surface area (Å²) >= 11 is 0. The fraction of sp³-hybridized carbons (Fsp3) is 0.286. The van der Waals surface area contributed by atoms with E-state index in [4.69, 9.17) is 0 Å². The Morgan fingerprint density at radius 2 is 1.70 bits per heavy atom. The molecule has 0 saturated heterocycles. The Morgan fingerprint density at radius 1 is 1.11 bits per heavy atom. The highest BCUT2D eigenvalue weighted by molar-refractivity contribution is 6.47. The molecule has 27 heavy (non-hydrogen) atoms. The summed E-state index contributed by atoms with van der Waals surface area (Å²) in [6.07, 6.45) is 0. The van der Waals surface area contributed by atoms with Crippen molar-refractivity contribution in [1.29, 1.82) is 0 Å². The van der Waals surface area contributed by atoms with Gasteiger partial charge in [-0.1, -0.05) is 18.2 Å². The summed E-state index contributed by atoms with van der Waals surface area (Å²) in [5, 5.41) is 2.89. The summed E-state index contributed by atoms with van der Waals surface area (Å²) in [4.78, 5) is 31.3. The van der Waals surface area contributed by atoms with Crippen molar-refractivity contribution in [2.24, 2.45) is 4.99 Å². The summed E-state index contributed by atoms with van der Waals surface area (Å²) < 4.78 is 13.2. The Kier molecular flexibility index (Phi) is 4.83. The Morgan fingerprint density at radius 3 is 2.30 bits per heavy atom. The molecule has 0 saturated carbocycles. The number of benzene rings is 2. The van der Waals surface area contributed by atoms with Crippen LogP contribution in [-0.4, -0.2) is 34.6 Å². The minimum Gasteiger partial charge on any atom is -0.324 e. The fourth-order valence-electron chi connectivity index (χ4n) is 3.15. The lowest BCUT2D eigenvalue weighted by atomic mass is 10.1. The SMILES string of the molecule is Cc1cccc(C)c1NC(=O)CN1C(=O)C(c2ccc(F)cc2)=NC1(C)C. The summed E-state index contributed by atoms with van der Waals surface area (Å²) in [7, 11) is 0. The van der Waals surface area contributed by atoms with Crippen LogP contribution in [0.2, 0.25) is 0 Å². The molecule has 0 aliphatic carbocycles. The normalized spacial score (nSPS) is 15.7. The minimum absolute atomic E-state index is 0.117. The first-order valence-corrected chi connectivity index (χ1v) is 8.73. The highest BCUT2D eigenvalue weighted by atomic mass is 19.1. The van der Waals surface area contributed by atoms with Gasteiger partial charge in [0.15, 0.2) is 0 Å². The van der Waals surface area contributed by atoms with E-state index in [0.29, 0.717) is 5.56 Å². The molecule has 2 aromatic rings. The Hall–Kier alpha value is -3.02. The van der Waals surface area contributed by atoms with Crippen molar-refractivity contribution in [2.45, 2.75) is 33.4 Å². The van der Waals surface area contributed by atoms with Gasteiger partial charge in [-0.2, -0.15) is 0 Å². The standard InChI is InChI=1S/C21H22FN3O2/c1-13-6-5-7-14(2)18(13)23-17(26)12-25-20(27)19(24-21(25,3)4)15-8-10-16(22)11-9-15/h5-11H,12H2,1-4H3,(H,23,26). The van der Waals surface area contributed by atoms with E-state index >= 15 is 0 Å². The number of amides is 2. The average molecular weight is 367 g/mol. The minimum atomic E-state index is -0.862. The molecule has 3 rings (SSSR count). The summed E-state index contributed by atoms with van der Waals surface area (Å²) in [6.45, 7) is 7.27. The van der Waals surface area contributed by atoms with Crippen LogP contribution in [0.3, 0.4) is 0 Å². The molecule has 1 aliphatic rings. The van der Waals surface area contributed by atoms with Gasteiger partial charge in [0.25, 0.3) is 5.91 Å². The van der Waals surface area contributed by atoms with Gasteiger partial charge in [-0.05, 0) is 63.1 Å². The van der Waals surface area contributed by atoms with E-state index in [9.17, 15) is 14.0 Å². The summed E-state index contributed by atoms with van der Waals surface area (Å²) in [5.74, 6) is -1.01. The summed E-state index contributed by atoms with van der Waals surface area (Å²) in [5.41, 5.74) is 2.58. The molecule has 0 unspecified atom stereocenters. The number of hydrogen-bond acceptors (Lipinski definition) is 3. The second kappa shape index (κ2) is 6.95. The number of nitrogens with one attached hydrogen (secondary N) is 1. The Labute approximate surface area is 157 Å². The monoisotopic (exact) mass is 367 g/mol. The predicted molar refractivity (Wildman–Crippen MR) is 103 cm³/mol. The first kappa shape index (κ1) is 18.8. The van der Waals surface area contributed by atoms with Crippen LogP contribution in [0.4, 0.5) is 10.1 Å². The lowest BCUT2D eigenvalue weighted by molar-refractivity contribution is -0.131. The van der Waals surface area contributed by atoms with E-state index in [0.717, 1.165) is 16.8 Å². The summed E-state index contributed by atoms with van der Waals surface area (Å²) in [6, 6.07) is 11.4. The molecule has 5 nitrogen and oxygen atoms in total. The molecule has 0 bridgehead atoms. The number of nitrogens with zero attached hydrogens (tertiary/aromatic N) is 2. The van der Waals surface area contributed by atoms with Crippen LogP contribution in [0.1, 0.15) is 30.5 Å². The van der Waals surface area contributed by atoms with Crippen LogP contribution in [0.25, 0.3) is 0 Å². The van der Waals surface area contributed by atoms with E-state index in [1.807, 2.05) is 32.0 Å². The molecule has 1 aliphatic heterocycles. The number of halogens is 1. The van der Waals surface area contributed by atoms with Crippen LogP contribution in [-0.2, 0) is 9.59 Å². The third-order valence-corrected chi connectivity index (χ3v) is 4.66. The smallest absolute Gasteiger partial charge is 0.275 e. The maximum absolute atomic E-state index is 13.2. The molecule has 0 radical (unpaired) electrons. The van der Waals surface area contributed by atoms with Crippen LogP contribution in [0.5, 0.6) is 0 Å². The van der Waals surface area contributed by atoms with Crippen LogP contribution in [0.15, 0.2) is 47.5 Å². The van der Waals surface area contributed by atoms with Crippen molar-refractivity contribution in [1.82, 2.24) is 4.90 Å². The van der Waals surface area contributed by atoms with Gasteiger partial charge in [-0.25, -0.2) is 4.39 Å². The second-order valence-electron chi connectivity index (χ2n) is 7.17. The predicted octanol–water partition coefficient (Wildman–Crippen LogP) is 3.45. The number of carbonyl (C=O) groups excluding carboxylic acids is 2. The number of aryl methyl sites for hydroxylation is 2. The molecule has 140 valence electrons. The van der Waals surface area contributed by atoms with Gasteiger partial charge in [0, 0.05) is 11.3 Å². The topological polar surface area (TPSA) is 61.8 Å². The van der Waals surface area contributed by atoms with E-state index in [1.54, 1.807) is 13.8 Å². The molecule has 6 heteroatoms. The number of anilines is 1. The zero-order valence-electron chi connectivity index (χ0n) is 15.8. The van der Waals surface area contributed by atoms with Crippen LogP contribution >= 0.6 is 0 Å². The number of carbonyl (C=O) groups is 2. The van der Waals surface area contributed by atoms with E-state index in [1.165, 1.54) is 29.2 Å². The molecule has 0 fully saturated rings. The molecule has 0 atom stereocenters. The van der Waals surface area contributed by atoms with Gasteiger partial charge in [0.1, 0.15) is 23.7 Å². The molecule has 2 aromatic carbocycles. The van der Waals surface area contributed by atoms with Crippen LogP contribution in [0, 0.1) is 19.7 Å². The van der Waals surface area contributed by atoms with Crippen molar-refractivity contribution >= 4 is 23.2 Å². The number of aliphatic imine (C=N–C) groups is 1. The van der Waals surface area contributed by atoms with Gasteiger partial charge in [0.05, 0.1) is 0 Å². The average Bonchev–Trinajstić information content (AvgIpc) is 2.82. The Bertz CT molecular complexity index is 913. The van der Waals surface area contributed by atoms with Gasteiger partial charge < -0.3 is 10.2 Å². The Balaban J connectivity index is 1.78. The second-order valence-corrected chi connectivity index (χ2v) is 7.17. The van der Waals surface area contributed by atoms with Crippen LogP contribution < -0.4 is 5.32 Å². The largest absolute Gasteiger partial charge is 0.324 e. The fourth-order valence-corrected chi connectivity index (χ4v) is 3.15. The molecule has 0 spiro atoms. The molecular weight excluding hydrogens is 345 g/mol.